The van der Waals surface area contributed by atoms with Crippen molar-refractivity contribution in [2.45, 2.75) is 26.4 Å². The molecule has 100 valence electrons. The van der Waals surface area contributed by atoms with Gasteiger partial charge >= 0.3 is 5.69 Å². The Morgan fingerprint density at radius 1 is 1.61 bits per heavy atom. The van der Waals surface area contributed by atoms with Gasteiger partial charge in [0.1, 0.15) is 11.8 Å². The number of ether oxygens (including phenoxy) is 1. The molecule has 2 heterocycles. The first-order chi connectivity index (χ1) is 8.50. The van der Waals surface area contributed by atoms with Gasteiger partial charge in [0.15, 0.2) is 0 Å². The highest BCUT2D eigenvalue weighted by molar-refractivity contribution is 5.45. The van der Waals surface area contributed by atoms with Gasteiger partial charge in [-0.2, -0.15) is 5.10 Å². The van der Waals surface area contributed by atoms with E-state index >= 15 is 0 Å². The minimum Gasteiger partial charge on any atom is -0.468 e. The lowest BCUT2D eigenvalue weighted by atomic mass is 9.97. The molecule has 1 aromatic rings. The zero-order valence-electron chi connectivity index (χ0n) is 10.8. The van der Waals surface area contributed by atoms with Crippen LogP contribution in [-0.4, -0.2) is 33.9 Å². The SMILES string of the molecule is Cc1nn(C)c(OC2CNCCC2C)c1[N+](=O)[O-]. The second-order valence-corrected chi connectivity index (χ2v) is 4.75. The van der Waals surface area contributed by atoms with Gasteiger partial charge in [-0.15, -0.1) is 0 Å². The van der Waals surface area contributed by atoms with Crippen LogP contribution in [0.15, 0.2) is 0 Å². The van der Waals surface area contributed by atoms with Gasteiger partial charge in [0.25, 0.3) is 5.88 Å². The molecule has 7 heteroatoms. The normalized spacial score (nSPS) is 23.9. The van der Waals surface area contributed by atoms with Crippen LogP contribution in [0, 0.1) is 23.0 Å². The summed E-state index contributed by atoms with van der Waals surface area (Å²) in [6.07, 6.45) is 0.960. The standard InChI is InChI=1S/C11H18N4O3/c1-7-4-5-12-6-9(7)18-11-10(15(16)17)8(2)13-14(11)3/h7,9,12H,4-6H2,1-3H3. The Balaban J connectivity index is 2.25. The van der Waals surface area contributed by atoms with Crippen LogP contribution < -0.4 is 10.1 Å². The fourth-order valence-electron chi connectivity index (χ4n) is 2.23. The quantitative estimate of drug-likeness (QED) is 0.643. The number of hydrogen-bond acceptors (Lipinski definition) is 5. The highest BCUT2D eigenvalue weighted by Gasteiger charge is 2.30. The molecule has 18 heavy (non-hydrogen) atoms. The molecule has 0 spiro atoms. The zero-order valence-corrected chi connectivity index (χ0v) is 10.8. The van der Waals surface area contributed by atoms with Crippen molar-refractivity contribution in [1.29, 1.82) is 0 Å². The second-order valence-electron chi connectivity index (χ2n) is 4.75. The first-order valence-electron chi connectivity index (χ1n) is 6.06. The van der Waals surface area contributed by atoms with Crippen molar-refractivity contribution in [3.63, 3.8) is 0 Å². The zero-order chi connectivity index (χ0) is 13.3. The molecule has 1 aliphatic heterocycles. The van der Waals surface area contributed by atoms with Gasteiger partial charge in [-0.3, -0.25) is 10.1 Å². The molecule has 1 saturated heterocycles. The van der Waals surface area contributed by atoms with Gasteiger partial charge in [-0.05, 0) is 25.8 Å². The van der Waals surface area contributed by atoms with Crippen molar-refractivity contribution in [2.75, 3.05) is 13.1 Å². The molecular formula is C11H18N4O3. The third-order valence-electron chi connectivity index (χ3n) is 3.34. The summed E-state index contributed by atoms with van der Waals surface area (Å²) in [6, 6.07) is 0. The minimum atomic E-state index is -0.432. The molecule has 0 aliphatic carbocycles. The summed E-state index contributed by atoms with van der Waals surface area (Å²) < 4.78 is 7.25. The lowest BCUT2D eigenvalue weighted by molar-refractivity contribution is -0.386. The summed E-state index contributed by atoms with van der Waals surface area (Å²) in [5.41, 5.74) is 0.351. The van der Waals surface area contributed by atoms with E-state index in [4.69, 9.17) is 4.74 Å². The number of nitrogens with one attached hydrogen (secondary N) is 1. The molecule has 2 unspecified atom stereocenters. The Hall–Kier alpha value is -1.63. The Bertz CT molecular complexity index is 457. The van der Waals surface area contributed by atoms with E-state index < -0.39 is 4.92 Å². The fraction of sp³-hybridized carbons (Fsp3) is 0.727. The van der Waals surface area contributed by atoms with Crippen molar-refractivity contribution >= 4 is 5.69 Å². The van der Waals surface area contributed by atoms with E-state index in [2.05, 4.69) is 17.3 Å². The highest BCUT2D eigenvalue weighted by Crippen LogP contribution is 2.31. The van der Waals surface area contributed by atoms with Crippen molar-refractivity contribution in [1.82, 2.24) is 15.1 Å². The molecule has 0 radical (unpaired) electrons. The average Bonchev–Trinajstić information content (AvgIpc) is 2.57. The molecular weight excluding hydrogens is 236 g/mol. The van der Waals surface area contributed by atoms with Crippen molar-refractivity contribution in [2.24, 2.45) is 13.0 Å². The van der Waals surface area contributed by atoms with E-state index in [1.807, 2.05) is 0 Å². The van der Waals surface area contributed by atoms with Gasteiger partial charge in [0, 0.05) is 13.6 Å². The molecule has 0 amide bonds. The summed E-state index contributed by atoms with van der Waals surface area (Å²) in [6.45, 7) is 5.39. The Morgan fingerprint density at radius 3 is 2.94 bits per heavy atom. The Labute approximate surface area is 105 Å². The number of hydrogen-bond donors (Lipinski definition) is 1. The van der Waals surface area contributed by atoms with Crippen molar-refractivity contribution in [3.05, 3.63) is 15.8 Å². The molecule has 1 N–H and O–H groups in total. The molecule has 0 saturated carbocycles. The molecule has 1 aromatic heterocycles. The van der Waals surface area contributed by atoms with Crippen LogP contribution >= 0.6 is 0 Å². The number of rotatable bonds is 3. The van der Waals surface area contributed by atoms with Crippen LogP contribution in [0.4, 0.5) is 5.69 Å². The van der Waals surface area contributed by atoms with Gasteiger partial charge in [-0.25, -0.2) is 4.68 Å². The van der Waals surface area contributed by atoms with Gasteiger partial charge in [0.05, 0.1) is 4.92 Å². The Kier molecular flexibility index (Phi) is 3.51. The number of nitro groups is 1. The summed E-state index contributed by atoms with van der Waals surface area (Å²) in [5, 5.41) is 18.3. The van der Waals surface area contributed by atoms with E-state index in [-0.39, 0.29) is 17.7 Å². The van der Waals surface area contributed by atoms with Crippen LogP contribution in [0.25, 0.3) is 0 Å². The largest absolute Gasteiger partial charge is 0.468 e. The molecule has 1 aliphatic rings. The monoisotopic (exact) mass is 254 g/mol. The maximum absolute atomic E-state index is 11.0. The van der Waals surface area contributed by atoms with Gasteiger partial charge < -0.3 is 10.1 Å². The smallest absolute Gasteiger partial charge is 0.353 e. The lowest BCUT2D eigenvalue weighted by Crippen LogP contribution is -2.43. The number of aryl methyl sites for hydroxylation is 2. The van der Waals surface area contributed by atoms with Crippen LogP contribution in [0.2, 0.25) is 0 Å². The molecule has 2 atom stereocenters. The van der Waals surface area contributed by atoms with Crippen molar-refractivity contribution in [3.8, 4) is 5.88 Å². The second kappa shape index (κ2) is 4.93. The minimum absolute atomic E-state index is 0.0322. The van der Waals surface area contributed by atoms with Crippen LogP contribution in [-0.2, 0) is 7.05 Å². The first kappa shape index (κ1) is 12.8. The topological polar surface area (TPSA) is 82.2 Å². The number of piperidine rings is 1. The molecule has 1 fully saturated rings. The summed E-state index contributed by atoms with van der Waals surface area (Å²) in [4.78, 5) is 10.6. The molecule has 2 rings (SSSR count). The summed E-state index contributed by atoms with van der Waals surface area (Å²) >= 11 is 0. The van der Waals surface area contributed by atoms with Crippen LogP contribution in [0.3, 0.4) is 0 Å². The van der Waals surface area contributed by atoms with Gasteiger partial charge in [0.2, 0.25) is 0 Å². The van der Waals surface area contributed by atoms with Crippen LogP contribution in [0.1, 0.15) is 19.0 Å². The van der Waals surface area contributed by atoms with E-state index in [0.717, 1.165) is 13.0 Å². The molecule has 0 bridgehead atoms. The number of aromatic nitrogens is 2. The highest BCUT2D eigenvalue weighted by atomic mass is 16.6. The van der Waals surface area contributed by atoms with E-state index in [1.54, 1.807) is 14.0 Å². The van der Waals surface area contributed by atoms with E-state index in [9.17, 15) is 10.1 Å². The van der Waals surface area contributed by atoms with Crippen molar-refractivity contribution < 1.29 is 9.66 Å². The summed E-state index contributed by atoms with van der Waals surface area (Å²) in [7, 11) is 1.66. The average molecular weight is 254 g/mol. The van der Waals surface area contributed by atoms with Crippen LogP contribution in [0.5, 0.6) is 5.88 Å². The first-order valence-corrected chi connectivity index (χ1v) is 6.06. The molecule has 0 aromatic carbocycles. The van der Waals surface area contributed by atoms with E-state index in [0.29, 0.717) is 18.2 Å². The predicted octanol–water partition coefficient (Wildman–Crippen LogP) is 1.01. The maximum atomic E-state index is 11.0. The maximum Gasteiger partial charge on any atom is 0.353 e. The van der Waals surface area contributed by atoms with E-state index in [1.165, 1.54) is 4.68 Å². The predicted molar refractivity (Wildman–Crippen MR) is 65.7 cm³/mol. The number of nitrogens with zero attached hydrogens (tertiary/aromatic N) is 3. The lowest BCUT2D eigenvalue weighted by Gasteiger charge is -2.29. The third-order valence-corrected chi connectivity index (χ3v) is 3.34. The van der Waals surface area contributed by atoms with Gasteiger partial charge in [-0.1, -0.05) is 6.92 Å². The fourth-order valence-corrected chi connectivity index (χ4v) is 2.23. The molecule has 7 nitrogen and oxygen atoms in total. The third kappa shape index (κ3) is 2.31. The summed E-state index contributed by atoms with van der Waals surface area (Å²) in [5.74, 6) is 0.624. The Morgan fingerprint density at radius 2 is 2.33 bits per heavy atom.